The first-order valence-electron chi connectivity index (χ1n) is 8.48. The van der Waals surface area contributed by atoms with Gasteiger partial charge < -0.3 is 0 Å². The van der Waals surface area contributed by atoms with Gasteiger partial charge >= 0.3 is 0 Å². The molecule has 2 aliphatic heterocycles. The zero-order chi connectivity index (χ0) is 17.4. The summed E-state index contributed by atoms with van der Waals surface area (Å²) in [5.41, 5.74) is 0.313. The third kappa shape index (κ3) is 3.48. The number of sulfonamides is 1. The lowest BCUT2D eigenvalue weighted by molar-refractivity contribution is 0.0924. The largest absolute Gasteiger partial charge is 0.298 e. The second-order valence-electron chi connectivity index (χ2n) is 7.01. The van der Waals surface area contributed by atoms with Crippen LogP contribution in [0.25, 0.3) is 0 Å². The van der Waals surface area contributed by atoms with E-state index in [9.17, 15) is 17.2 Å². The van der Waals surface area contributed by atoms with Crippen LogP contribution < -0.4 is 0 Å². The molecule has 24 heavy (non-hydrogen) atoms. The van der Waals surface area contributed by atoms with Crippen molar-refractivity contribution in [2.45, 2.75) is 32.7 Å². The maximum Gasteiger partial charge on any atom is 0.213 e. The van der Waals surface area contributed by atoms with E-state index in [0.717, 1.165) is 38.4 Å². The van der Waals surface area contributed by atoms with Crippen molar-refractivity contribution in [3.63, 3.8) is 0 Å². The summed E-state index contributed by atoms with van der Waals surface area (Å²) < 4.78 is 53.1. The van der Waals surface area contributed by atoms with Gasteiger partial charge in [-0.3, -0.25) is 4.90 Å². The smallest absolute Gasteiger partial charge is 0.213 e. The molecule has 0 radical (unpaired) electrons. The fourth-order valence-corrected chi connectivity index (χ4v) is 5.21. The first-order chi connectivity index (χ1) is 11.4. The Labute approximate surface area is 142 Å². The predicted molar refractivity (Wildman–Crippen MR) is 89.0 cm³/mol. The zero-order valence-electron chi connectivity index (χ0n) is 14.0. The van der Waals surface area contributed by atoms with Crippen molar-refractivity contribution >= 4 is 10.0 Å². The topological polar surface area (TPSA) is 40.6 Å². The highest BCUT2D eigenvalue weighted by Crippen LogP contribution is 2.40. The third-order valence-electron chi connectivity index (χ3n) is 5.33. The van der Waals surface area contributed by atoms with E-state index in [1.165, 1.54) is 6.07 Å². The first-order valence-corrected chi connectivity index (χ1v) is 10.1. The number of rotatable bonds is 4. The van der Waals surface area contributed by atoms with E-state index in [1.807, 2.05) is 0 Å². The first kappa shape index (κ1) is 17.8. The standard InChI is InChI=1S/C17H24F2N2O2S/c1-2-24(22,23)21-10-8-17(13-21)7-4-9-20(12-17)11-14-5-3-6-15(18)16(14)19/h3,5-6H,2,4,7-13H2,1H3/t17-/m1/s1. The molecule has 1 spiro atoms. The van der Waals surface area contributed by atoms with Crippen LogP contribution in [0.1, 0.15) is 31.7 Å². The Morgan fingerprint density at radius 3 is 2.71 bits per heavy atom. The van der Waals surface area contributed by atoms with E-state index < -0.39 is 21.7 Å². The van der Waals surface area contributed by atoms with Crippen LogP contribution in [-0.2, 0) is 16.6 Å². The molecule has 0 amide bonds. The number of nitrogens with zero attached hydrogens (tertiary/aromatic N) is 2. The SMILES string of the molecule is CCS(=O)(=O)N1CC[C@@]2(CCCN(Cc3cccc(F)c3F)C2)C1. The van der Waals surface area contributed by atoms with E-state index in [0.29, 0.717) is 25.2 Å². The molecular weight excluding hydrogens is 334 g/mol. The summed E-state index contributed by atoms with van der Waals surface area (Å²) >= 11 is 0. The molecule has 7 heteroatoms. The van der Waals surface area contributed by atoms with Gasteiger partial charge in [0.25, 0.3) is 0 Å². The summed E-state index contributed by atoms with van der Waals surface area (Å²) in [4.78, 5) is 2.13. The number of piperidine rings is 1. The summed E-state index contributed by atoms with van der Waals surface area (Å²) in [7, 11) is -3.16. The van der Waals surface area contributed by atoms with Gasteiger partial charge in [-0.15, -0.1) is 0 Å². The lowest BCUT2D eigenvalue weighted by atomic mass is 9.79. The Hall–Kier alpha value is -1.05. The second-order valence-corrected chi connectivity index (χ2v) is 9.27. The quantitative estimate of drug-likeness (QED) is 0.831. The summed E-state index contributed by atoms with van der Waals surface area (Å²) in [6, 6.07) is 4.27. The van der Waals surface area contributed by atoms with Gasteiger partial charge in [0.15, 0.2) is 11.6 Å². The minimum absolute atomic E-state index is 0.0513. The molecule has 0 aliphatic carbocycles. The third-order valence-corrected chi connectivity index (χ3v) is 7.16. The van der Waals surface area contributed by atoms with Gasteiger partial charge in [0, 0.05) is 31.7 Å². The lowest BCUT2D eigenvalue weighted by Crippen LogP contribution is -2.45. The molecule has 1 aromatic carbocycles. The molecule has 2 heterocycles. The molecule has 0 saturated carbocycles. The molecule has 3 rings (SSSR count). The van der Waals surface area contributed by atoms with E-state index in [-0.39, 0.29) is 11.2 Å². The zero-order valence-corrected chi connectivity index (χ0v) is 14.8. The summed E-state index contributed by atoms with van der Waals surface area (Å²) in [5.74, 6) is -1.47. The van der Waals surface area contributed by atoms with Crippen molar-refractivity contribution in [3.05, 3.63) is 35.4 Å². The summed E-state index contributed by atoms with van der Waals surface area (Å²) in [6.45, 7) is 4.71. The monoisotopic (exact) mass is 358 g/mol. The molecule has 2 fully saturated rings. The van der Waals surface area contributed by atoms with Crippen LogP contribution in [0.2, 0.25) is 0 Å². The van der Waals surface area contributed by atoms with E-state index in [2.05, 4.69) is 4.90 Å². The maximum atomic E-state index is 13.9. The van der Waals surface area contributed by atoms with Crippen molar-refractivity contribution in [2.75, 3.05) is 31.9 Å². The highest BCUT2D eigenvalue weighted by molar-refractivity contribution is 7.89. The summed E-state index contributed by atoms with van der Waals surface area (Å²) in [6.07, 6.45) is 2.79. The van der Waals surface area contributed by atoms with Gasteiger partial charge in [-0.1, -0.05) is 12.1 Å². The van der Waals surface area contributed by atoms with Gasteiger partial charge in [0.05, 0.1) is 5.75 Å². The Bertz CT molecular complexity index is 711. The molecular formula is C17H24F2N2O2S. The highest BCUT2D eigenvalue weighted by atomic mass is 32.2. The van der Waals surface area contributed by atoms with Crippen LogP contribution in [-0.4, -0.2) is 49.6 Å². The van der Waals surface area contributed by atoms with Crippen LogP contribution >= 0.6 is 0 Å². The van der Waals surface area contributed by atoms with Crippen molar-refractivity contribution in [1.82, 2.24) is 9.21 Å². The number of benzene rings is 1. The van der Waals surface area contributed by atoms with Gasteiger partial charge in [0.1, 0.15) is 0 Å². The molecule has 0 N–H and O–H groups in total. The molecule has 1 atom stereocenters. The number of hydrogen-bond acceptors (Lipinski definition) is 3. The number of halogens is 2. The van der Waals surface area contributed by atoms with E-state index in [1.54, 1.807) is 17.3 Å². The Kier molecular flexibility index (Phi) is 4.95. The van der Waals surface area contributed by atoms with Gasteiger partial charge in [0.2, 0.25) is 10.0 Å². The molecule has 134 valence electrons. The van der Waals surface area contributed by atoms with Crippen LogP contribution in [0.4, 0.5) is 8.78 Å². The van der Waals surface area contributed by atoms with Crippen molar-refractivity contribution in [2.24, 2.45) is 5.41 Å². The summed E-state index contributed by atoms with van der Waals surface area (Å²) in [5, 5.41) is 0. The van der Waals surface area contributed by atoms with Crippen molar-refractivity contribution in [3.8, 4) is 0 Å². The minimum atomic E-state index is -3.16. The van der Waals surface area contributed by atoms with Crippen LogP contribution in [0.5, 0.6) is 0 Å². The van der Waals surface area contributed by atoms with Crippen LogP contribution in [0.3, 0.4) is 0 Å². The van der Waals surface area contributed by atoms with Crippen molar-refractivity contribution in [1.29, 1.82) is 0 Å². The molecule has 4 nitrogen and oxygen atoms in total. The minimum Gasteiger partial charge on any atom is -0.298 e. The highest BCUT2D eigenvalue weighted by Gasteiger charge is 2.44. The Morgan fingerprint density at radius 1 is 1.17 bits per heavy atom. The van der Waals surface area contributed by atoms with Crippen molar-refractivity contribution < 1.29 is 17.2 Å². The van der Waals surface area contributed by atoms with Crippen LogP contribution in [0.15, 0.2) is 18.2 Å². The molecule has 2 aliphatic rings. The maximum absolute atomic E-state index is 13.9. The molecule has 2 saturated heterocycles. The van der Waals surface area contributed by atoms with Gasteiger partial charge in [-0.25, -0.2) is 21.5 Å². The van der Waals surface area contributed by atoms with Gasteiger partial charge in [-0.2, -0.15) is 0 Å². The predicted octanol–water partition coefficient (Wildman–Crippen LogP) is 2.60. The van der Waals surface area contributed by atoms with Crippen LogP contribution in [0, 0.1) is 17.0 Å². The molecule has 0 aromatic heterocycles. The Balaban J connectivity index is 1.70. The van der Waals surface area contributed by atoms with E-state index >= 15 is 0 Å². The molecule has 1 aromatic rings. The van der Waals surface area contributed by atoms with Gasteiger partial charge in [-0.05, 0) is 44.2 Å². The fraction of sp³-hybridized carbons (Fsp3) is 0.647. The lowest BCUT2D eigenvalue weighted by Gasteiger charge is -2.40. The number of hydrogen-bond donors (Lipinski definition) is 0. The average Bonchev–Trinajstić information content (AvgIpc) is 2.96. The molecule has 0 unspecified atom stereocenters. The van der Waals surface area contributed by atoms with E-state index in [4.69, 9.17) is 0 Å². The normalized spacial score (nSPS) is 26.3. The Morgan fingerprint density at radius 2 is 1.96 bits per heavy atom. The molecule has 0 bridgehead atoms. The number of likely N-dealkylation sites (tertiary alicyclic amines) is 1. The average molecular weight is 358 g/mol. The second kappa shape index (κ2) is 6.69. The fourth-order valence-electron chi connectivity index (χ4n) is 4.00.